The summed E-state index contributed by atoms with van der Waals surface area (Å²) in [4.78, 5) is 27.3. The lowest BCUT2D eigenvalue weighted by atomic mass is 10.1. The van der Waals surface area contributed by atoms with Gasteiger partial charge in [-0.1, -0.05) is 12.1 Å². The lowest BCUT2D eigenvalue weighted by molar-refractivity contribution is -0.139. The maximum atomic E-state index is 12.4. The zero-order chi connectivity index (χ0) is 18.5. The van der Waals surface area contributed by atoms with Crippen LogP contribution >= 0.6 is 11.3 Å². The van der Waals surface area contributed by atoms with Gasteiger partial charge in [-0.05, 0) is 37.5 Å². The molecule has 1 saturated heterocycles. The molecule has 2 aromatic rings. The Hall–Kier alpha value is -2.45. The van der Waals surface area contributed by atoms with Crippen molar-refractivity contribution in [3.8, 4) is 5.75 Å². The van der Waals surface area contributed by atoms with Gasteiger partial charge in [0.1, 0.15) is 22.6 Å². The highest BCUT2D eigenvalue weighted by Crippen LogP contribution is 2.30. The van der Waals surface area contributed by atoms with Gasteiger partial charge in [0.15, 0.2) is 6.61 Å². The van der Waals surface area contributed by atoms with Crippen molar-refractivity contribution in [2.75, 3.05) is 13.2 Å². The number of amides is 1. The number of hydrogen-bond acceptors (Lipinski definition) is 6. The molecule has 0 radical (unpaired) electrons. The molecule has 1 aromatic heterocycles. The van der Waals surface area contributed by atoms with E-state index in [0.29, 0.717) is 11.4 Å². The van der Waals surface area contributed by atoms with Crippen molar-refractivity contribution in [1.82, 2.24) is 10.3 Å². The molecule has 7 nitrogen and oxygen atoms in total. The van der Waals surface area contributed by atoms with Crippen LogP contribution in [0.15, 0.2) is 29.6 Å². The predicted molar refractivity (Wildman–Crippen MR) is 95.5 cm³/mol. The number of hydrogen-bond donors (Lipinski definition) is 2. The van der Waals surface area contributed by atoms with Gasteiger partial charge in [0, 0.05) is 12.0 Å². The standard InChI is InChI=1S/C18H20N2O5S/c1-11(12-4-6-13(7-5-12)25-9-16(21)22)19-17(23)14-10-26-18(20-14)15-3-2-8-24-15/h4-7,10-11,15H,2-3,8-9H2,1H3,(H,19,23)(H,21,22). The van der Waals surface area contributed by atoms with Gasteiger partial charge in [0.2, 0.25) is 0 Å². The molecular weight excluding hydrogens is 356 g/mol. The summed E-state index contributed by atoms with van der Waals surface area (Å²) in [5.74, 6) is -0.792. The predicted octanol–water partition coefficient (Wildman–Crippen LogP) is 2.95. The van der Waals surface area contributed by atoms with E-state index in [1.54, 1.807) is 29.6 Å². The number of aliphatic carboxylic acids is 1. The van der Waals surface area contributed by atoms with Gasteiger partial charge in [-0.15, -0.1) is 11.3 Å². The Bertz CT molecular complexity index is 768. The smallest absolute Gasteiger partial charge is 0.341 e. The van der Waals surface area contributed by atoms with E-state index in [9.17, 15) is 9.59 Å². The van der Waals surface area contributed by atoms with Gasteiger partial charge in [-0.2, -0.15) is 0 Å². The molecule has 2 N–H and O–H groups in total. The summed E-state index contributed by atoms with van der Waals surface area (Å²) in [7, 11) is 0. The molecule has 8 heteroatoms. The van der Waals surface area contributed by atoms with Gasteiger partial charge in [-0.3, -0.25) is 4.79 Å². The van der Waals surface area contributed by atoms with Gasteiger partial charge in [0.05, 0.1) is 6.04 Å². The lowest BCUT2D eigenvalue weighted by Crippen LogP contribution is -2.27. The summed E-state index contributed by atoms with van der Waals surface area (Å²) in [6.45, 7) is 2.23. The molecule has 0 spiro atoms. The maximum absolute atomic E-state index is 12.4. The second kappa shape index (κ2) is 8.29. The number of nitrogens with zero attached hydrogens (tertiary/aromatic N) is 1. The third kappa shape index (κ3) is 4.59. The molecule has 138 valence electrons. The van der Waals surface area contributed by atoms with Crippen molar-refractivity contribution < 1.29 is 24.2 Å². The van der Waals surface area contributed by atoms with E-state index in [1.165, 1.54) is 11.3 Å². The molecule has 2 unspecified atom stereocenters. The molecule has 1 aliphatic heterocycles. The summed E-state index contributed by atoms with van der Waals surface area (Å²) in [5, 5.41) is 14.1. The summed E-state index contributed by atoms with van der Waals surface area (Å²) in [6, 6.07) is 6.73. The van der Waals surface area contributed by atoms with Crippen LogP contribution in [-0.4, -0.2) is 35.2 Å². The molecule has 1 fully saturated rings. The van der Waals surface area contributed by atoms with Crippen molar-refractivity contribution in [2.24, 2.45) is 0 Å². The topological polar surface area (TPSA) is 97.8 Å². The van der Waals surface area contributed by atoms with Crippen LogP contribution in [0.1, 0.15) is 53.0 Å². The molecule has 0 saturated carbocycles. The number of carboxylic acids is 1. The third-order valence-electron chi connectivity index (χ3n) is 4.05. The van der Waals surface area contributed by atoms with E-state index in [1.807, 2.05) is 6.92 Å². The maximum Gasteiger partial charge on any atom is 0.341 e. The zero-order valence-electron chi connectivity index (χ0n) is 14.3. The number of aromatic nitrogens is 1. The summed E-state index contributed by atoms with van der Waals surface area (Å²) >= 11 is 1.45. The van der Waals surface area contributed by atoms with Crippen LogP contribution < -0.4 is 10.1 Å². The van der Waals surface area contributed by atoms with Crippen LogP contribution in [-0.2, 0) is 9.53 Å². The third-order valence-corrected chi connectivity index (χ3v) is 4.99. The van der Waals surface area contributed by atoms with Crippen molar-refractivity contribution in [2.45, 2.75) is 31.9 Å². The molecular formula is C18H20N2O5S. The fourth-order valence-corrected chi connectivity index (χ4v) is 3.54. The average molecular weight is 376 g/mol. The number of benzene rings is 1. The summed E-state index contributed by atoms with van der Waals surface area (Å²) in [6.07, 6.45) is 1.98. The quantitative estimate of drug-likeness (QED) is 0.771. The number of carbonyl (C=O) groups is 2. The highest BCUT2D eigenvalue weighted by atomic mass is 32.1. The highest BCUT2D eigenvalue weighted by Gasteiger charge is 2.23. The highest BCUT2D eigenvalue weighted by molar-refractivity contribution is 7.09. The minimum Gasteiger partial charge on any atom is -0.482 e. The molecule has 0 aliphatic carbocycles. The number of carbonyl (C=O) groups excluding carboxylic acids is 1. The van der Waals surface area contributed by atoms with E-state index < -0.39 is 5.97 Å². The van der Waals surface area contributed by atoms with Crippen LogP contribution in [0, 0.1) is 0 Å². The first-order chi connectivity index (χ1) is 12.5. The monoisotopic (exact) mass is 376 g/mol. The molecule has 2 atom stereocenters. The van der Waals surface area contributed by atoms with E-state index in [0.717, 1.165) is 30.0 Å². The molecule has 2 heterocycles. The molecule has 0 bridgehead atoms. The van der Waals surface area contributed by atoms with Gasteiger partial charge in [0.25, 0.3) is 5.91 Å². The molecule has 1 aliphatic rings. The minimum atomic E-state index is -1.03. The normalized spacial score (nSPS) is 17.7. The number of rotatable bonds is 7. The molecule has 3 rings (SSSR count). The van der Waals surface area contributed by atoms with Crippen molar-refractivity contribution in [1.29, 1.82) is 0 Å². The van der Waals surface area contributed by atoms with Gasteiger partial charge >= 0.3 is 5.97 Å². The second-order valence-electron chi connectivity index (χ2n) is 6.02. The number of carboxylic acid groups (broad SMARTS) is 1. The first kappa shape index (κ1) is 18.3. The Kier molecular flexibility index (Phi) is 5.85. The Balaban J connectivity index is 1.57. The Labute approximate surface area is 155 Å². The Morgan fingerprint density at radius 3 is 2.85 bits per heavy atom. The van der Waals surface area contributed by atoms with Crippen molar-refractivity contribution in [3.63, 3.8) is 0 Å². The Morgan fingerprint density at radius 1 is 1.42 bits per heavy atom. The van der Waals surface area contributed by atoms with Crippen molar-refractivity contribution >= 4 is 23.2 Å². The first-order valence-electron chi connectivity index (χ1n) is 8.35. The number of ether oxygens (including phenoxy) is 2. The zero-order valence-corrected chi connectivity index (χ0v) is 15.1. The molecule has 1 aromatic carbocycles. The fraction of sp³-hybridized carbons (Fsp3) is 0.389. The SMILES string of the molecule is CC(NC(=O)c1csc(C2CCCO2)n1)c1ccc(OCC(=O)O)cc1. The lowest BCUT2D eigenvalue weighted by Gasteiger charge is -2.14. The first-order valence-corrected chi connectivity index (χ1v) is 9.23. The molecule has 26 heavy (non-hydrogen) atoms. The van der Waals surface area contributed by atoms with Crippen LogP contribution in [0.3, 0.4) is 0 Å². The van der Waals surface area contributed by atoms with Crippen LogP contribution in [0.5, 0.6) is 5.75 Å². The van der Waals surface area contributed by atoms with Gasteiger partial charge in [-0.25, -0.2) is 9.78 Å². The van der Waals surface area contributed by atoms with E-state index >= 15 is 0 Å². The van der Waals surface area contributed by atoms with E-state index in [4.69, 9.17) is 14.6 Å². The largest absolute Gasteiger partial charge is 0.482 e. The number of nitrogens with one attached hydrogen (secondary N) is 1. The second-order valence-corrected chi connectivity index (χ2v) is 6.91. The van der Waals surface area contributed by atoms with Crippen LogP contribution in [0.4, 0.5) is 0 Å². The fourth-order valence-electron chi connectivity index (χ4n) is 2.66. The summed E-state index contributed by atoms with van der Waals surface area (Å²) < 4.78 is 10.7. The van der Waals surface area contributed by atoms with Crippen LogP contribution in [0.2, 0.25) is 0 Å². The van der Waals surface area contributed by atoms with Crippen molar-refractivity contribution in [3.05, 3.63) is 45.9 Å². The number of thiazole rings is 1. The average Bonchev–Trinajstić information content (AvgIpc) is 3.31. The summed E-state index contributed by atoms with van der Waals surface area (Å²) in [5.41, 5.74) is 1.28. The Morgan fingerprint density at radius 2 is 2.19 bits per heavy atom. The van der Waals surface area contributed by atoms with Crippen LogP contribution in [0.25, 0.3) is 0 Å². The van der Waals surface area contributed by atoms with E-state index in [-0.39, 0.29) is 24.7 Å². The van der Waals surface area contributed by atoms with E-state index in [2.05, 4.69) is 10.3 Å². The minimum absolute atomic E-state index is 0.0114. The molecule has 1 amide bonds. The van der Waals surface area contributed by atoms with Gasteiger partial charge < -0.3 is 19.9 Å².